The van der Waals surface area contributed by atoms with E-state index < -0.39 is 0 Å². The minimum Gasteiger partial charge on any atom is -0.494 e. The average molecular weight is 439 g/mol. The third-order valence-electron chi connectivity index (χ3n) is 5.90. The van der Waals surface area contributed by atoms with Crippen LogP contribution in [0, 0.1) is 0 Å². The molecule has 0 atom stereocenters. The second kappa shape index (κ2) is 11.6. The van der Waals surface area contributed by atoms with Crippen molar-refractivity contribution in [3.63, 3.8) is 0 Å². The number of H-pyrrole nitrogens is 1. The molecule has 0 radical (unpaired) electrons. The number of hydrogen-bond donors (Lipinski definition) is 2. The number of aryl methyl sites for hydroxylation is 1. The second-order valence-electron chi connectivity index (χ2n) is 8.28. The number of ether oxygens (including phenoxy) is 1. The molecule has 3 aromatic rings. The molecule has 5 nitrogen and oxygen atoms in total. The summed E-state index contributed by atoms with van der Waals surface area (Å²) < 4.78 is 9.40. The average Bonchev–Trinajstić information content (AvgIpc) is 3.22. The van der Waals surface area contributed by atoms with Gasteiger partial charge in [0.25, 0.3) is 0 Å². The van der Waals surface area contributed by atoms with Crippen LogP contribution in [0.4, 0.5) is 0 Å². The van der Waals surface area contributed by atoms with Crippen molar-refractivity contribution in [2.75, 3.05) is 52.9 Å². The zero-order valence-corrected chi connectivity index (χ0v) is 19.3. The molecule has 0 bridgehead atoms. The molecule has 31 heavy (non-hydrogen) atoms. The molecule has 1 aliphatic heterocycles. The highest BCUT2D eigenvalue weighted by Crippen LogP contribution is 2.21. The van der Waals surface area contributed by atoms with Crippen LogP contribution < -0.4 is 9.46 Å². The maximum atomic E-state index is 5.92. The summed E-state index contributed by atoms with van der Waals surface area (Å²) in [7, 11) is 2.20. The Hall–Kier alpha value is -1.99. The summed E-state index contributed by atoms with van der Waals surface area (Å²) in [6, 6.07) is 16.9. The smallest absolute Gasteiger partial charge is 0.119 e. The first-order chi connectivity index (χ1) is 15.3. The number of fused-ring (bicyclic) bond motifs is 1. The topological polar surface area (TPSA) is 43.5 Å². The van der Waals surface area contributed by atoms with Crippen LogP contribution in [-0.2, 0) is 6.42 Å². The largest absolute Gasteiger partial charge is 0.494 e. The molecule has 1 fully saturated rings. The Labute approximate surface area is 190 Å². The summed E-state index contributed by atoms with van der Waals surface area (Å²) >= 11 is 1.69. The van der Waals surface area contributed by atoms with Crippen molar-refractivity contribution in [1.29, 1.82) is 0 Å². The van der Waals surface area contributed by atoms with Gasteiger partial charge in [-0.2, -0.15) is 0 Å². The lowest BCUT2D eigenvalue weighted by Gasteiger charge is -2.32. The highest BCUT2D eigenvalue weighted by Gasteiger charge is 2.12. The summed E-state index contributed by atoms with van der Waals surface area (Å²) in [5.41, 5.74) is 2.62. The van der Waals surface area contributed by atoms with E-state index in [2.05, 4.69) is 81.3 Å². The van der Waals surface area contributed by atoms with Crippen LogP contribution in [0.15, 0.2) is 59.6 Å². The van der Waals surface area contributed by atoms with Crippen molar-refractivity contribution in [1.82, 2.24) is 19.5 Å². The number of aromatic amines is 1. The molecule has 2 N–H and O–H groups in total. The van der Waals surface area contributed by atoms with Gasteiger partial charge in [-0.25, -0.2) is 0 Å². The summed E-state index contributed by atoms with van der Waals surface area (Å²) in [6.45, 7) is 7.60. The molecule has 0 spiro atoms. The molecule has 1 aromatic heterocycles. The van der Waals surface area contributed by atoms with Gasteiger partial charge in [-0.1, -0.05) is 18.2 Å². The molecule has 1 saturated heterocycles. The predicted octanol–water partition coefficient (Wildman–Crippen LogP) is 4.41. The Balaban J connectivity index is 1.08. The minimum absolute atomic E-state index is 0.783. The van der Waals surface area contributed by atoms with Gasteiger partial charge in [0.1, 0.15) is 5.75 Å². The van der Waals surface area contributed by atoms with Crippen molar-refractivity contribution >= 4 is 22.9 Å². The van der Waals surface area contributed by atoms with Gasteiger partial charge in [0.05, 0.1) is 6.61 Å². The highest BCUT2D eigenvalue weighted by molar-refractivity contribution is 7.97. The maximum absolute atomic E-state index is 5.92. The van der Waals surface area contributed by atoms with Gasteiger partial charge in [-0.3, -0.25) is 4.72 Å². The fourth-order valence-corrected chi connectivity index (χ4v) is 4.66. The van der Waals surface area contributed by atoms with Crippen molar-refractivity contribution in [3.8, 4) is 5.75 Å². The van der Waals surface area contributed by atoms with Crippen LogP contribution in [0.2, 0.25) is 0 Å². The molecular formula is C25H34N4OS. The predicted molar refractivity (Wildman–Crippen MR) is 131 cm³/mol. The fourth-order valence-electron chi connectivity index (χ4n) is 3.98. The zero-order valence-electron chi connectivity index (χ0n) is 18.5. The fraction of sp³-hybridized carbons (Fsp3) is 0.440. The third kappa shape index (κ3) is 6.74. The van der Waals surface area contributed by atoms with E-state index in [0.29, 0.717) is 0 Å². The van der Waals surface area contributed by atoms with E-state index >= 15 is 0 Å². The van der Waals surface area contributed by atoms with Gasteiger partial charge in [0.15, 0.2) is 0 Å². The van der Waals surface area contributed by atoms with E-state index in [0.717, 1.165) is 44.7 Å². The van der Waals surface area contributed by atoms with Crippen LogP contribution in [0.3, 0.4) is 0 Å². The van der Waals surface area contributed by atoms with E-state index in [1.165, 1.54) is 47.5 Å². The second-order valence-corrected chi connectivity index (χ2v) is 9.24. The molecule has 0 amide bonds. The van der Waals surface area contributed by atoms with Crippen LogP contribution in [0.1, 0.15) is 18.4 Å². The van der Waals surface area contributed by atoms with E-state index in [9.17, 15) is 0 Å². The Kier molecular flexibility index (Phi) is 8.30. The van der Waals surface area contributed by atoms with Crippen molar-refractivity contribution in [3.05, 3.63) is 60.3 Å². The zero-order chi connectivity index (χ0) is 21.3. The van der Waals surface area contributed by atoms with Gasteiger partial charge in [0.2, 0.25) is 0 Å². The molecule has 4 rings (SSSR count). The summed E-state index contributed by atoms with van der Waals surface area (Å²) in [5.74, 6) is 0.960. The van der Waals surface area contributed by atoms with E-state index in [1.54, 1.807) is 11.9 Å². The molecule has 1 aliphatic rings. The lowest BCUT2D eigenvalue weighted by atomic mass is 10.1. The normalized spacial score (nSPS) is 15.5. The van der Waals surface area contributed by atoms with Gasteiger partial charge in [0, 0.05) is 61.3 Å². The van der Waals surface area contributed by atoms with E-state index in [-0.39, 0.29) is 0 Å². The van der Waals surface area contributed by atoms with Crippen molar-refractivity contribution in [2.24, 2.45) is 0 Å². The number of nitrogens with zero attached hydrogens (tertiary/aromatic N) is 2. The van der Waals surface area contributed by atoms with Crippen molar-refractivity contribution < 1.29 is 4.74 Å². The Morgan fingerprint density at radius 3 is 2.65 bits per heavy atom. The quantitative estimate of drug-likeness (QED) is 0.343. The van der Waals surface area contributed by atoms with Gasteiger partial charge in [-0.05, 0) is 74.2 Å². The molecule has 0 saturated carbocycles. The van der Waals surface area contributed by atoms with Crippen LogP contribution in [-0.4, -0.2) is 67.7 Å². The summed E-state index contributed by atoms with van der Waals surface area (Å²) in [4.78, 5) is 9.50. The first-order valence-corrected chi connectivity index (χ1v) is 12.2. The molecule has 0 unspecified atom stereocenters. The number of nitrogens with one attached hydrogen (secondary N) is 2. The molecule has 6 heteroatoms. The lowest BCUT2D eigenvalue weighted by molar-refractivity contribution is 0.145. The number of rotatable bonds is 11. The number of likely N-dealkylation sites (N-methyl/N-ethyl adjacent to an activating group) is 1. The van der Waals surface area contributed by atoms with E-state index in [4.69, 9.17) is 4.74 Å². The number of benzene rings is 2. The molecule has 2 heterocycles. The van der Waals surface area contributed by atoms with Gasteiger partial charge >= 0.3 is 0 Å². The Bertz CT molecular complexity index is 919. The van der Waals surface area contributed by atoms with Gasteiger partial charge < -0.3 is 19.5 Å². The number of aromatic nitrogens is 1. The Morgan fingerprint density at radius 2 is 1.81 bits per heavy atom. The van der Waals surface area contributed by atoms with Crippen LogP contribution in [0.25, 0.3) is 10.9 Å². The highest BCUT2D eigenvalue weighted by atomic mass is 32.2. The summed E-state index contributed by atoms with van der Waals surface area (Å²) in [5, 5.41) is 1.34. The first-order valence-electron chi connectivity index (χ1n) is 11.4. The molecule has 2 aromatic carbocycles. The van der Waals surface area contributed by atoms with Crippen molar-refractivity contribution in [2.45, 2.75) is 24.2 Å². The standard InChI is InChI=1S/C25H34N4OS/c1-28-15-17-29(18-16-28)14-5-19-30-22-9-11-23(12-10-22)31-27-13-4-6-21-20-26-25-8-3-2-7-24(21)25/h2-3,7-12,20,26-27H,4-6,13-19H2,1H3. The molecule has 166 valence electrons. The number of piperazine rings is 1. The molecule has 0 aliphatic carbocycles. The molecular weight excluding hydrogens is 404 g/mol. The third-order valence-corrected chi connectivity index (χ3v) is 6.75. The van der Waals surface area contributed by atoms with Gasteiger partial charge in [-0.15, -0.1) is 0 Å². The number of para-hydroxylation sites is 1. The van der Waals surface area contributed by atoms with Crippen LogP contribution in [0.5, 0.6) is 5.75 Å². The van der Waals surface area contributed by atoms with Crippen LogP contribution >= 0.6 is 11.9 Å². The summed E-state index contributed by atoms with van der Waals surface area (Å²) in [6.07, 6.45) is 5.42. The monoisotopic (exact) mass is 438 g/mol. The lowest BCUT2D eigenvalue weighted by Crippen LogP contribution is -2.44. The van der Waals surface area contributed by atoms with E-state index in [1.807, 2.05) is 0 Å². The minimum atomic E-state index is 0.783. The maximum Gasteiger partial charge on any atom is 0.119 e. The first kappa shape index (κ1) is 22.2. The Morgan fingerprint density at radius 1 is 1.00 bits per heavy atom. The SMILES string of the molecule is CN1CCN(CCCOc2ccc(SNCCCc3c[nH]c4ccccc34)cc2)CC1. The number of hydrogen-bond acceptors (Lipinski definition) is 5.